The molecule has 1 saturated carbocycles. The van der Waals surface area contributed by atoms with Gasteiger partial charge in [0.25, 0.3) is 0 Å². The first-order chi connectivity index (χ1) is 11.0. The second-order valence-corrected chi connectivity index (χ2v) is 6.68. The number of hydrogen-bond acceptors (Lipinski definition) is 4. The van der Waals surface area contributed by atoms with Gasteiger partial charge in [0.05, 0.1) is 17.9 Å². The number of ether oxygens (including phenoxy) is 2. The van der Waals surface area contributed by atoms with Crippen molar-refractivity contribution in [3.8, 4) is 5.75 Å². The molecule has 0 aliphatic heterocycles. The summed E-state index contributed by atoms with van der Waals surface area (Å²) in [4.78, 5) is 23.6. The van der Waals surface area contributed by atoms with Crippen LogP contribution in [0.25, 0.3) is 0 Å². The average molecular weight is 359 g/mol. The second-order valence-electron chi connectivity index (χ2n) is 5.90. The summed E-state index contributed by atoms with van der Waals surface area (Å²) in [6.07, 6.45) is 3.89. The molecule has 1 aromatic rings. The molecule has 0 amide bonds. The van der Waals surface area contributed by atoms with Gasteiger partial charge in [-0.2, -0.15) is 0 Å². The fourth-order valence-electron chi connectivity index (χ4n) is 2.53. The van der Waals surface area contributed by atoms with Gasteiger partial charge in [0.1, 0.15) is 11.1 Å². The van der Waals surface area contributed by atoms with Gasteiger partial charge in [-0.15, -0.1) is 0 Å². The van der Waals surface area contributed by atoms with Crippen molar-refractivity contribution in [2.24, 2.45) is 5.92 Å². The van der Waals surface area contributed by atoms with Gasteiger partial charge in [-0.05, 0) is 43.7 Å². The molecule has 0 atom stereocenters. The SMILES string of the molecule is CC1CCC(OC(=O)CCC(=O)Oc2cccc(Cl)c2Cl)CC1. The summed E-state index contributed by atoms with van der Waals surface area (Å²) in [5.74, 6) is -0.0109. The zero-order valence-corrected chi connectivity index (χ0v) is 14.5. The molecule has 2 rings (SSSR count). The van der Waals surface area contributed by atoms with E-state index in [0.29, 0.717) is 10.9 Å². The molecule has 0 bridgehead atoms. The van der Waals surface area contributed by atoms with Crippen LogP contribution in [-0.4, -0.2) is 18.0 Å². The van der Waals surface area contributed by atoms with Crippen molar-refractivity contribution in [3.63, 3.8) is 0 Å². The van der Waals surface area contributed by atoms with Crippen molar-refractivity contribution >= 4 is 35.1 Å². The van der Waals surface area contributed by atoms with Crippen molar-refractivity contribution in [1.82, 2.24) is 0 Å². The van der Waals surface area contributed by atoms with Crippen molar-refractivity contribution < 1.29 is 19.1 Å². The zero-order valence-electron chi connectivity index (χ0n) is 13.0. The van der Waals surface area contributed by atoms with Gasteiger partial charge in [-0.1, -0.05) is 36.2 Å². The maximum absolute atomic E-state index is 11.8. The van der Waals surface area contributed by atoms with Gasteiger partial charge in [0.2, 0.25) is 0 Å². The molecular formula is C17H20Cl2O4. The van der Waals surface area contributed by atoms with E-state index >= 15 is 0 Å². The Morgan fingerprint density at radius 2 is 1.74 bits per heavy atom. The third-order valence-electron chi connectivity index (χ3n) is 3.93. The van der Waals surface area contributed by atoms with E-state index in [1.165, 1.54) is 0 Å². The maximum Gasteiger partial charge on any atom is 0.311 e. The maximum atomic E-state index is 11.8. The summed E-state index contributed by atoms with van der Waals surface area (Å²) in [6.45, 7) is 2.20. The summed E-state index contributed by atoms with van der Waals surface area (Å²) < 4.78 is 10.5. The minimum atomic E-state index is -0.539. The second kappa shape index (κ2) is 8.55. The highest BCUT2D eigenvalue weighted by molar-refractivity contribution is 6.43. The first-order valence-corrected chi connectivity index (χ1v) is 8.55. The van der Waals surface area contributed by atoms with Crippen LogP contribution in [-0.2, 0) is 14.3 Å². The quantitative estimate of drug-likeness (QED) is 0.560. The predicted octanol–water partition coefficient (Wildman–Crippen LogP) is 4.80. The summed E-state index contributed by atoms with van der Waals surface area (Å²) >= 11 is 11.8. The normalized spacial score (nSPS) is 20.8. The molecule has 1 aromatic carbocycles. The molecule has 1 fully saturated rings. The number of halogens is 2. The molecular weight excluding hydrogens is 339 g/mol. The van der Waals surface area contributed by atoms with Crippen molar-refractivity contribution in [1.29, 1.82) is 0 Å². The van der Waals surface area contributed by atoms with Crippen molar-refractivity contribution in [2.45, 2.75) is 51.6 Å². The number of carbonyl (C=O) groups is 2. The summed E-state index contributed by atoms with van der Waals surface area (Å²) in [5.41, 5.74) is 0. The van der Waals surface area contributed by atoms with Crippen LogP contribution in [0.3, 0.4) is 0 Å². The number of hydrogen-bond donors (Lipinski definition) is 0. The van der Waals surface area contributed by atoms with Gasteiger partial charge in [0, 0.05) is 0 Å². The smallest absolute Gasteiger partial charge is 0.311 e. The highest BCUT2D eigenvalue weighted by Gasteiger charge is 2.22. The number of esters is 2. The molecule has 0 saturated heterocycles. The topological polar surface area (TPSA) is 52.6 Å². The standard InChI is InChI=1S/C17H20Cl2O4/c1-11-5-7-12(8-6-11)22-15(20)9-10-16(21)23-14-4-2-3-13(18)17(14)19/h2-4,11-12H,5-10H2,1H3. The van der Waals surface area contributed by atoms with Crippen LogP contribution in [0.1, 0.15) is 45.4 Å². The molecule has 0 heterocycles. The minimum absolute atomic E-state index is 0.00305. The lowest BCUT2D eigenvalue weighted by Crippen LogP contribution is -2.24. The Morgan fingerprint density at radius 1 is 1.09 bits per heavy atom. The molecule has 0 radical (unpaired) electrons. The van der Waals surface area contributed by atoms with Gasteiger partial charge < -0.3 is 9.47 Å². The highest BCUT2D eigenvalue weighted by Crippen LogP contribution is 2.31. The van der Waals surface area contributed by atoms with Gasteiger partial charge in [0.15, 0.2) is 5.75 Å². The fraction of sp³-hybridized carbons (Fsp3) is 0.529. The van der Waals surface area contributed by atoms with Gasteiger partial charge in [-0.25, -0.2) is 0 Å². The molecule has 126 valence electrons. The van der Waals surface area contributed by atoms with E-state index in [-0.39, 0.29) is 35.7 Å². The van der Waals surface area contributed by atoms with Crippen molar-refractivity contribution in [3.05, 3.63) is 28.2 Å². The highest BCUT2D eigenvalue weighted by atomic mass is 35.5. The third kappa shape index (κ3) is 5.70. The van der Waals surface area contributed by atoms with Crippen LogP contribution in [0.4, 0.5) is 0 Å². The van der Waals surface area contributed by atoms with E-state index in [1.54, 1.807) is 18.2 Å². The van der Waals surface area contributed by atoms with Crippen LogP contribution in [0, 0.1) is 5.92 Å². The Bertz CT molecular complexity index is 566. The van der Waals surface area contributed by atoms with Crippen molar-refractivity contribution in [2.75, 3.05) is 0 Å². The van der Waals surface area contributed by atoms with E-state index in [1.807, 2.05) is 0 Å². The molecule has 1 aliphatic rings. The summed E-state index contributed by atoms with van der Waals surface area (Å²) in [7, 11) is 0. The number of carbonyl (C=O) groups excluding carboxylic acids is 2. The summed E-state index contributed by atoms with van der Waals surface area (Å²) in [6, 6.07) is 4.78. The molecule has 0 N–H and O–H groups in total. The van der Waals surface area contributed by atoms with Crippen LogP contribution < -0.4 is 4.74 Å². The molecule has 1 aliphatic carbocycles. The van der Waals surface area contributed by atoms with E-state index in [4.69, 9.17) is 32.7 Å². The molecule has 0 unspecified atom stereocenters. The Kier molecular flexibility index (Phi) is 6.72. The molecule has 6 heteroatoms. The lowest BCUT2D eigenvalue weighted by molar-refractivity contribution is -0.153. The molecule has 0 aromatic heterocycles. The molecule has 23 heavy (non-hydrogen) atoms. The van der Waals surface area contributed by atoms with Crippen LogP contribution in [0.2, 0.25) is 10.0 Å². The van der Waals surface area contributed by atoms with Gasteiger partial charge in [-0.3, -0.25) is 9.59 Å². The first-order valence-electron chi connectivity index (χ1n) is 7.80. The Morgan fingerprint density at radius 3 is 2.43 bits per heavy atom. The molecule has 4 nitrogen and oxygen atoms in total. The van der Waals surface area contributed by atoms with E-state index in [0.717, 1.165) is 25.7 Å². The van der Waals surface area contributed by atoms with Gasteiger partial charge >= 0.3 is 11.9 Å². The minimum Gasteiger partial charge on any atom is -0.462 e. The lowest BCUT2D eigenvalue weighted by atomic mass is 9.89. The lowest BCUT2D eigenvalue weighted by Gasteiger charge is -2.25. The Labute approximate surface area is 146 Å². The van der Waals surface area contributed by atoms with E-state index in [2.05, 4.69) is 6.92 Å². The number of rotatable bonds is 5. The van der Waals surface area contributed by atoms with E-state index < -0.39 is 5.97 Å². The first kappa shape index (κ1) is 18.1. The average Bonchev–Trinajstić information content (AvgIpc) is 2.52. The monoisotopic (exact) mass is 358 g/mol. The zero-order chi connectivity index (χ0) is 16.8. The Hall–Kier alpha value is -1.26. The van der Waals surface area contributed by atoms with Crippen LogP contribution >= 0.6 is 23.2 Å². The summed E-state index contributed by atoms with van der Waals surface area (Å²) in [5, 5.41) is 0.490. The Balaban J connectivity index is 1.73. The third-order valence-corrected chi connectivity index (χ3v) is 4.74. The fourth-order valence-corrected chi connectivity index (χ4v) is 2.86. The number of benzene rings is 1. The van der Waals surface area contributed by atoms with E-state index in [9.17, 15) is 9.59 Å². The van der Waals surface area contributed by atoms with Crippen LogP contribution in [0.15, 0.2) is 18.2 Å². The molecule has 0 spiro atoms. The largest absolute Gasteiger partial charge is 0.462 e. The predicted molar refractivity (Wildman–Crippen MR) is 88.8 cm³/mol. The van der Waals surface area contributed by atoms with Crippen LogP contribution in [0.5, 0.6) is 5.75 Å².